The summed E-state index contributed by atoms with van der Waals surface area (Å²) in [5.74, 6) is -0.645. The Morgan fingerprint density at radius 1 is 1.15 bits per heavy atom. The lowest BCUT2D eigenvalue weighted by Crippen LogP contribution is -2.43. The number of para-hydroxylation sites is 1. The molecule has 1 saturated carbocycles. The molecule has 0 bridgehead atoms. The predicted molar refractivity (Wildman–Crippen MR) is 103 cm³/mol. The zero-order valence-electron chi connectivity index (χ0n) is 15.2. The Kier molecular flexibility index (Phi) is 6.04. The van der Waals surface area contributed by atoms with E-state index in [1.165, 1.54) is 17.8 Å². The van der Waals surface area contributed by atoms with E-state index in [0.717, 1.165) is 36.4 Å². The average molecular weight is 372 g/mol. The van der Waals surface area contributed by atoms with Gasteiger partial charge in [0.2, 0.25) is 0 Å². The van der Waals surface area contributed by atoms with Crippen LogP contribution >= 0.6 is 11.3 Å². The molecule has 3 rings (SSSR count). The summed E-state index contributed by atoms with van der Waals surface area (Å²) in [6, 6.07) is 9.82. The van der Waals surface area contributed by atoms with Gasteiger partial charge in [-0.1, -0.05) is 37.5 Å². The van der Waals surface area contributed by atoms with Crippen LogP contribution in [0.15, 0.2) is 30.3 Å². The van der Waals surface area contributed by atoms with Crippen LogP contribution in [0.5, 0.6) is 0 Å². The Morgan fingerprint density at radius 3 is 2.46 bits per heavy atom. The Labute approximate surface area is 158 Å². The van der Waals surface area contributed by atoms with E-state index in [1.807, 2.05) is 42.2 Å². The topological polar surface area (TPSA) is 59.5 Å². The van der Waals surface area contributed by atoms with Crippen molar-refractivity contribution in [3.8, 4) is 0 Å². The molecule has 1 aromatic heterocycles. The molecule has 1 heterocycles. The van der Waals surface area contributed by atoms with E-state index in [1.54, 1.807) is 6.92 Å². The molecule has 1 aliphatic carbocycles. The number of esters is 1. The van der Waals surface area contributed by atoms with Gasteiger partial charge in [-0.25, -0.2) is 9.78 Å². The standard InChI is InChI=1S/C20H24N2O3S/c1-14-19(26-15(2)21-14)20(24)25-13-18(23)22(16-9-5-3-6-10-16)17-11-7-4-8-12-17/h3,5-6,9-10,17H,4,7-8,11-13H2,1-2H3. The highest BCUT2D eigenvalue weighted by atomic mass is 32.1. The molecule has 0 saturated heterocycles. The van der Waals surface area contributed by atoms with Gasteiger partial charge in [0.05, 0.1) is 10.7 Å². The van der Waals surface area contributed by atoms with Gasteiger partial charge in [0, 0.05) is 11.7 Å². The molecule has 0 spiro atoms. The summed E-state index contributed by atoms with van der Waals surface area (Å²) < 4.78 is 5.32. The third kappa shape index (κ3) is 4.30. The molecule has 5 nitrogen and oxygen atoms in total. The zero-order valence-corrected chi connectivity index (χ0v) is 16.1. The number of anilines is 1. The van der Waals surface area contributed by atoms with Crippen molar-refractivity contribution in [1.82, 2.24) is 4.98 Å². The van der Waals surface area contributed by atoms with Crippen molar-refractivity contribution in [2.75, 3.05) is 11.5 Å². The summed E-state index contributed by atoms with van der Waals surface area (Å²) in [6.07, 6.45) is 5.44. The van der Waals surface area contributed by atoms with E-state index >= 15 is 0 Å². The van der Waals surface area contributed by atoms with Gasteiger partial charge in [-0.15, -0.1) is 11.3 Å². The number of carbonyl (C=O) groups excluding carboxylic acids is 2. The van der Waals surface area contributed by atoms with E-state index in [-0.39, 0.29) is 18.6 Å². The maximum atomic E-state index is 12.9. The smallest absolute Gasteiger partial charge is 0.350 e. The van der Waals surface area contributed by atoms with Crippen molar-refractivity contribution in [3.63, 3.8) is 0 Å². The number of rotatable bonds is 5. The number of nitrogens with zero attached hydrogens (tertiary/aromatic N) is 2. The second-order valence-electron chi connectivity index (χ2n) is 6.61. The molecule has 0 atom stereocenters. The minimum Gasteiger partial charge on any atom is -0.451 e. The number of carbonyl (C=O) groups is 2. The van der Waals surface area contributed by atoms with Gasteiger partial charge in [0.1, 0.15) is 4.88 Å². The van der Waals surface area contributed by atoms with Gasteiger partial charge in [0.25, 0.3) is 5.91 Å². The summed E-state index contributed by atoms with van der Waals surface area (Å²) in [4.78, 5) is 31.7. The second kappa shape index (κ2) is 8.45. The first-order valence-corrected chi connectivity index (χ1v) is 9.86. The molecule has 26 heavy (non-hydrogen) atoms. The lowest BCUT2D eigenvalue weighted by atomic mass is 9.93. The van der Waals surface area contributed by atoms with Crippen LogP contribution < -0.4 is 4.90 Å². The maximum absolute atomic E-state index is 12.9. The second-order valence-corrected chi connectivity index (χ2v) is 7.82. The highest BCUT2D eigenvalue weighted by molar-refractivity contribution is 7.13. The van der Waals surface area contributed by atoms with Crippen LogP contribution in [0, 0.1) is 13.8 Å². The summed E-state index contributed by atoms with van der Waals surface area (Å²) in [7, 11) is 0. The van der Waals surface area contributed by atoms with Gasteiger partial charge >= 0.3 is 5.97 Å². The number of hydrogen-bond acceptors (Lipinski definition) is 5. The van der Waals surface area contributed by atoms with Gasteiger partial charge in [-0.3, -0.25) is 4.79 Å². The van der Waals surface area contributed by atoms with Gasteiger partial charge in [-0.2, -0.15) is 0 Å². The first kappa shape index (κ1) is 18.6. The lowest BCUT2D eigenvalue weighted by Gasteiger charge is -2.34. The molecule has 0 aliphatic heterocycles. The molecule has 1 aliphatic rings. The van der Waals surface area contributed by atoms with Crippen molar-refractivity contribution >= 4 is 28.9 Å². The number of aryl methyl sites for hydroxylation is 2. The maximum Gasteiger partial charge on any atom is 0.350 e. The van der Waals surface area contributed by atoms with Crippen LogP contribution in [0.2, 0.25) is 0 Å². The predicted octanol–water partition coefficient (Wildman–Crippen LogP) is 4.28. The molecule has 1 amide bonds. The Hall–Kier alpha value is -2.21. The largest absolute Gasteiger partial charge is 0.451 e. The van der Waals surface area contributed by atoms with Gasteiger partial charge in [-0.05, 0) is 38.8 Å². The van der Waals surface area contributed by atoms with E-state index < -0.39 is 5.97 Å². The van der Waals surface area contributed by atoms with E-state index in [9.17, 15) is 9.59 Å². The highest BCUT2D eigenvalue weighted by Gasteiger charge is 2.28. The summed E-state index contributed by atoms with van der Waals surface area (Å²) in [5, 5.41) is 0.814. The van der Waals surface area contributed by atoms with Crippen molar-refractivity contribution in [1.29, 1.82) is 0 Å². The number of benzene rings is 1. The Morgan fingerprint density at radius 2 is 1.85 bits per heavy atom. The molecular formula is C20H24N2O3S. The molecule has 2 aromatic rings. The van der Waals surface area contributed by atoms with Crippen molar-refractivity contribution in [2.45, 2.75) is 52.0 Å². The van der Waals surface area contributed by atoms with Crippen LogP contribution in [0.25, 0.3) is 0 Å². The minimum absolute atomic E-state index is 0.171. The summed E-state index contributed by atoms with van der Waals surface area (Å²) in [5.41, 5.74) is 1.52. The van der Waals surface area contributed by atoms with Crippen LogP contribution in [0.4, 0.5) is 5.69 Å². The quantitative estimate of drug-likeness (QED) is 0.735. The van der Waals surface area contributed by atoms with E-state index in [0.29, 0.717) is 10.6 Å². The number of aromatic nitrogens is 1. The van der Waals surface area contributed by atoms with Crippen LogP contribution in [0.1, 0.15) is 52.5 Å². The first-order chi connectivity index (χ1) is 12.6. The van der Waals surface area contributed by atoms with Gasteiger partial charge in [0.15, 0.2) is 6.61 Å². The molecule has 1 fully saturated rings. The number of ether oxygens (including phenoxy) is 1. The first-order valence-electron chi connectivity index (χ1n) is 9.04. The highest BCUT2D eigenvalue weighted by Crippen LogP contribution is 2.27. The summed E-state index contributed by atoms with van der Waals surface area (Å²) in [6.45, 7) is 3.38. The van der Waals surface area contributed by atoms with Crippen molar-refractivity contribution < 1.29 is 14.3 Å². The molecular weight excluding hydrogens is 348 g/mol. The Bertz CT molecular complexity index is 767. The molecule has 0 radical (unpaired) electrons. The van der Waals surface area contributed by atoms with E-state index in [2.05, 4.69) is 4.98 Å². The van der Waals surface area contributed by atoms with Crippen molar-refractivity contribution in [2.24, 2.45) is 0 Å². The fourth-order valence-corrected chi connectivity index (χ4v) is 4.28. The molecule has 138 valence electrons. The molecule has 1 aromatic carbocycles. The normalized spacial score (nSPS) is 14.8. The fraction of sp³-hybridized carbons (Fsp3) is 0.450. The van der Waals surface area contributed by atoms with Gasteiger partial charge < -0.3 is 9.64 Å². The van der Waals surface area contributed by atoms with Crippen LogP contribution in [0.3, 0.4) is 0 Å². The molecule has 0 N–H and O–H groups in total. The van der Waals surface area contributed by atoms with Crippen molar-refractivity contribution in [3.05, 3.63) is 45.9 Å². The average Bonchev–Trinajstić information content (AvgIpc) is 3.00. The summed E-state index contributed by atoms with van der Waals surface area (Å²) >= 11 is 1.30. The lowest BCUT2D eigenvalue weighted by molar-refractivity contribution is -0.122. The monoisotopic (exact) mass is 372 g/mol. The molecule has 0 unspecified atom stereocenters. The number of amides is 1. The van der Waals surface area contributed by atoms with Crippen LogP contribution in [-0.2, 0) is 9.53 Å². The zero-order chi connectivity index (χ0) is 18.5. The third-order valence-electron chi connectivity index (χ3n) is 4.66. The number of hydrogen-bond donors (Lipinski definition) is 0. The fourth-order valence-electron chi connectivity index (χ4n) is 3.47. The number of thiazole rings is 1. The minimum atomic E-state index is -0.474. The third-order valence-corrected chi connectivity index (χ3v) is 5.71. The van der Waals surface area contributed by atoms with Crippen LogP contribution in [-0.4, -0.2) is 29.5 Å². The molecule has 6 heteroatoms. The SMILES string of the molecule is Cc1nc(C)c(C(=O)OCC(=O)N(c2ccccc2)C2CCCCC2)s1. The Balaban J connectivity index is 1.71. The van der Waals surface area contributed by atoms with E-state index in [4.69, 9.17) is 4.74 Å².